The van der Waals surface area contributed by atoms with Gasteiger partial charge in [-0.25, -0.2) is 4.68 Å². The summed E-state index contributed by atoms with van der Waals surface area (Å²) in [6.07, 6.45) is -1.17. The summed E-state index contributed by atoms with van der Waals surface area (Å²) in [4.78, 5) is 0. The Kier molecular flexibility index (Phi) is 3.07. The number of nitrogens with zero attached hydrogens (tertiary/aromatic N) is 2. The van der Waals surface area contributed by atoms with Crippen LogP contribution >= 0.6 is 0 Å². The van der Waals surface area contributed by atoms with Crippen molar-refractivity contribution in [2.24, 2.45) is 0 Å². The molecule has 1 aromatic carbocycles. The molecule has 1 aromatic heterocycles. The number of rotatable bonds is 3. The first-order valence-corrected chi connectivity index (χ1v) is 6.75. The number of hydrogen-bond acceptors (Lipinski definition) is 1. The molecule has 0 N–H and O–H groups in total. The van der Waals surface area contributed by atoms with Gasteiger partial charge >= 0.3 is 6.18 Å². The average Bonchev–Trinajstić information content (AvgIpc) is 3.17. The zero-order chi connectivity index (χ0) is 14.3. The Labute approximate surface area is 115 Å². The van der Waals surface area contributed by atoms with Gasteiger partial charge < -0.3 is 0 Å². The molecule has 0 aliphatic heterocycles. The fourth-order valence-corrected chi connectivity index (χ4v) is 2.29. The summed E-state index contributed by atoms with van der Waals surface area (Å²) in [5, 5.41) is 4.54. The van der Waals surface area contributed by atoms with Crippen LogP contribution in [0.5, 0.6) is 0 Å². The first kappa shape index (κ1) is 13.2. The van der Waals surface area contributed by atoms with Crippen molar-refractivity contribution in [3.63, 3.8) is 0 Å². The Bertz CT molecular complexity index is 607. The van der Waals surface area contributed by atoms with Crippen LogP contribution in [0.1, 0.15) is 42.6 Å². The van der Waals surface area contributed by atoms with E-state index in [2.05, 4.69) is 11.2 Å². The monoisotopic (exact) mass is 280 g/mol. The smallest absolute Gasteiger partial charge is 0.238 e. The summed E-state index contributed by atoms with van der Waals surface area (Å²) in [7, 11) is 0. The van der Waals surface area contributed by atoms with Gasteiger partial charge in [-0.1, -0.05) is 6.92 Å². The Balaban J connectivity index is 1.95. The molecule has 5 heteroatoms. The maximum atomic E-state index is 12.6. The maximum absolute atomic E-state index is 12.6. The molecule has 0 atom stereocenters. The molecule has 0 unspecified atom stereocenters. The van der Waals surface area contributed by atoms with Crippen molar-refractivity contribution >= 4 is 0 Å². The highest BCUT2D eigenvalue weighted by molar-refractivity contribution is 5.37. The van der Waals surface area contributed by atoms with E-state index in [1.807, 2.05) is 6.92 Å². The lowest BCUT2D eigenvalue weighted by Gasteiger charge is -2.09. The second kappa shape index (κ2) is 4.65. The Morgan fingerprint density at radius 2 is 1.85 bits per heavy atom. The van der Waals surface area contributed by atoms with Crippen LogP contribution in [-0.4, -0.2) is 9.78 Å². The summed E-state index contributed by atoms with van der Waals surface area (Å²) < 4.78 is 39.4. The molecule has 0 spiro atoms. The number of alkyl halides is 3. The van der Waals surface area contributed by atoms with E-state index in [0.29, 0.717) is 11.6 Å². The molecule has 0 amide bonds. The van der Waals surface area contributed by atoms with Gasteiger partial charge in [0.25, 0.3) is 0 Å². The largest absolute Gasteiger partial charge is 0.416 e. The molecule has 1 fully saturated rings. The minimum absolute atomic E-state index is 0.538. The molecule has 2 aromatic rings. The van der Waals surface area contributed by atoms with Crippen molar-refractivity contribution in [1.82, 2.24) is 9.78 Å². The summed E-state index contributed by atoms with van der Waals surface area (Å²) in [5.74, 6) is 0.538. The van der Waals surface area contributed by atoms with E-state index >= 15 is 0 Å². The molecule has 1 aliphatic rings. The molecule has 1 aliphatic carbocycles. The second-order valence-electron chi connectivity index (χ2n) is 5.14. The van der Waals surface area contributed by atoms with Crippen LogP contribution in [0.2, 0.25) is 0 Å². The highest BCUT2D eigenvalue weighted by atomic mass is 19.4. The van der Waals surface area contributed by atoms with E-state index < -0.39 is 11.7 Å². The van der Waals surface area contributed by atoms with Gasteiger partial charge in [0.2, 0.25) is 0 Å². The predicted octanol–water partition coefficient (Wildman–Crippen LogP) is 4.33. The Morgan fingerprint density at radius 1 is 1.20 bits per heavy atom. The zero-order valence-corrected chi connectivity index (χ0v) is 11.1. The topological polar surface area (TPSA) is 17.8 Å². The minimum Gasteiger partial charge on any atom is -0.238 e. The van der Waals surface area contributed by atoms with Crippen molar-refractivity contribution in [2.75, 3.05) is 0 Å². The number of halogens is 3. The number of aryl methyl sites for hydroxylation is 1. The van der Waals surface area contributed by atoms with Gasteiger partial charge in [0.15, 0.2) is 0 Å². The molecule has 0 radical (unpaired) electrons. The molecule has 1 heterocycles. The van der Waals surface area contributed by atoms with E-state index in [-0.39, 0.29) is 0 Å². The van der Waals surface area contributed by atoms with Gasteiger partial charge in [-0.05, 0) is 49.6 Å². The van der Waals surface area contributed by atoms with Crippen LogP contribution in [0.3, 0.4) is 0 Å². The lowest BCUT2D eigenvalue weighted by molar-refractivity contribution is -0.137. The minimum atomic E-state index is -4.30. The Morgan fingerprint density at radius 3 is 2.35 bits per heavy atom. The van der Waals surface area contributed by atoms with Gasteiger partial charge in [-0.2, -0.15) is 18.3 Å². The third-order valence-electron chi connectivity index (χ3n) is 3.60. The Hall–Kier alpha value is -1.78. The second-order valence-corrected chi connectivity index (χ2v) is 5.14. The molecular formula is C15H15F3N2. The first-order chi connectivity index (χ1) is 9.49. The van der Waals surface area contributed by atoms with Crippen LogP contribution in [0, 0.1) is 0 Å². The fourth-order valence-electron chi connectivity index (χ4n) is 2.29. The van der Waals surface area contributed by atoms with E-state index in [1.165, 1.54) is 12.1 Å². The molecule has 2 nitrogen and oxygen atoms in total. The molecule has 106 valence electrons. The molecular weight excluding hydrogens is 265 g/mol. The first-order valence-electron chi connectivity index (χ1n) is 6.75. The average molecular weight is 280 g/mol. The summed E-state index contributed by atoms with van der Waals surface area (Å²) in [6, 6.07) is 7.23. The number of benzene rings is 1. The van der Waals surface area contributed by atoms with Crippen LogP contribution in [-0.2, 0) is 12.6 Å². The third kappa shape index (κ3) is 2.44. The van der Waals surface area contributed by atoms with Crippen molar-refractivity contribution in [1.29, 1.82) is 0 Å². The lowest BCUT2D eigenvalue weighted by Crippen LogP contribution is -2.06. The number of hydrogen-bond donors (Lipinski definition) is 0. The zero-order valence-electron chi connectivity index (χ0n) is 11.1. The lowest BCUT2D eigenvalue weighted by atomic mass is 10.2. The highest BCUT2D eigenvalue weighted by Gasteiger charge is 2.30. The van der Waals surface area contributed by atoms with Gasteiger partial charge in [-0.15, -0.1) is 0 Å². The van der Waals surface area contributed by atoms with Gasteiger partial charge in [-0.3, -0.25) is 0 Å². The van der Waals surface area contributed by atoms with E-state index in [9.17, 15) is 13.2 Å². The van der Waals surface area contributed by atoms with E-state index in [0.717, 1.165) is 42.8 Å². The SMILES string of the molecule is CCc1cc(C2CC2)nn1-c1ccc(C(F)(F)F)cc1. The normalized spacial score (nSPS) is 15.6. The van der Waals surface area contributed by atoms with Crippen molar-refractivity contribution in [3.05, 3.63) is 47.3 Å². The highest BCUT2D eigenvalue weighted by Crippen LogP contribution is 2.40. The fraction of sp³-hybridized carbons (Fsp3) is 0.400. The van der Waals surface area contributed by atoms with E-state index in [4.69, 9.17) is 0 Å². The van der Waals surface area contributed by atoms with Gasteiger partial charge in [0, 0.05) is 11.6 Å². The molecule has 0 saturated heterocycles. The molecule has 1 saturated carbocycles. The summed E-state index contributed by atoms with van der Waals surface area (Å²) in [6.45, 7) is 2.02. The van der Waals surface area contributed by atoms with Crippen molar-refractivity contribution in [2.45, 2.75) is 38.3 Å². The molecule has 20 heavy (non-hydrogen) atoms. The maximum Gasteiger partial charge on any atom is 0.416 e. The molecule has 3 rings (SSSR count). The van der Waals surface area contributed by atoms with Gasteiger partial charge in [0.1, 0.15) is 0 Å². The van der Waals surface area contributed by atoms with Crippen LogP contribution < -0.4 is 0 Å². The quantitative estimate of drug-likeness (QED) is 0.818. The summed E-state index contributed by atoms with van der Waals surface area (Å²) >= 11 is 0. The molecule has 0 bridgehead atoms. The van der Waals surface area contributed by atoms with Crippen molar-refractivity contribution in [3.8, 4) is 5.69 Å². The van der Waals surface area contributed by atoms with Gasteiger partial charge in [0.05, 0.1) is 16.9 Å². The predicted molar refractivity (Wildman–Crippen MR) is 69.9 cm³/mol. The van der Waals surface area contributed by atoms with Crippen LogP contribution in [0.15, 0.2) is 30.3 Å². The van der Waals surface area contributed by atoms with E-state index in [1.54, 1.807) is 4.68 Å². The van der Waals surface area contributed by atoms with Crippen molar-refractivity contribution < 1.29 is 13.2 Å². The standard InChI is InChI=1S/C15H15F3N2/c1-2-12-9-14(10-3-4-10)19-20(12)13-7-5-11(6-8-13)15(16,17)18/h5-10H,2-4H2,1H3. The number of aromatic nitrogens is 2. The third-order valence-corrected chi connectivity index (χ3v) is 3.60. The summed E-state index contributed by atoms with van der Waals surface area (Å²) in [5.41, 5.74) is 2.14. The van der Waals surface area contributed by atoms with Crippen LogP contribution in [0.4, 0.5) is 13.2 Å². The van der Waals surface area contributed by atoms with Crippen LogP contribution in [0.25, 0.3) is 5.69 Å².